The molecular weight excluding hydrogens is 768 g/mol. The molecule has 2 aromatic heterocycles. The minimum absolute atomic E-state index is 0.0111. The van der Waals surface area contributed by atoms with Gasteiger partial charge in [0, 0.05) is 36.0 Å². The first kappa shape index (κ1) is 38.7. The van der Waals surface area contributed by atoms with E-state index in [1.54, 1.807) is 4.90 Å². The standard InChI is InChI=1S/C39H36F8N6O4/c1-3-25-27(40)7-4-20-14-24(54)15-26(28(20)25)31-30(41)32-29(34(48-31)56-2)33(52-16-22-5-6-23(17-52)53(22)35(55)39(45,46)47)50-36(49-32)57-19-37(10-11-37)18-51-12-8-21(9-13-51)38(42,43)44/h1,4,7,14-15,21-23,54H,5-6,8-13,16-19H2,2H3/t22-,23+. The molecule has 4 aromatic rings. The fourth-order valence-corrected chi connectivity index (χ4v) is 8.66. The van der Waals surface area contributed by atoms with Crippen molar-refractivity contribution < 1.29 is 54.5 Å². The second-order valence-electron chi connectivity index (χ2n) is 15.4. The number of carbonyl (C=O) groups excluding carboxylic acids is 1. The number of fused-ring (bicyclic) bond motifs is 4. The Balaban J connectivity index is 1.20. The molecule has 1 saturated carbocycles. The summed E-state index contributed by atoms with van der Waals surface area (Å²) in [5.74, 6) is -3.34. The summed E-state index contributed by atoms with van der Waals surface area (Å²) < 4.78 is 125. The maximum atomic E-state index is 17.2. The van der Waals surface area contributed by atoms with Crippen molar-refractivity contribution in [3.05, 3.63) is 41.5 Å². The van der Waals surface area contributed by atoms with Crippen molar-refractivity contribution >= 4 is 33.4 Å². The number of piperazine rings is 1. The van der Waals surface area contributed by atoms with Crippen LogP contribution in [0.1, 0.15) is 44.1 Å². The Morgan fingerprint density at radius 2 is 1.67 bits per heavy atom. The van der Waals surface area contributed by atoms with Crippen molar-refractivity contribution in [2.45, 2.75) is 63.0 Å². The molecule has 57 heavy (non-hydrogen) atoms. The third kappa shape index (κ3) is 7.08. The Morgan fingerprint density at radius 3 is 2.26 bits per heavy atom. The topological polar surface area (TPSA) is 104 Å². The quantitative estimate of drug-likeness (QED) is 0.149. The highest BCUT2D eigenvalue weighted by Crippen LogP contribution is 2.48. The number of aromatic hydroxyl groups is 1. The molecule has 302 valence electrons. The second-order valence-corrected chi connectivity index (χ2v) is 15.4. The molecule has 1 aliphatic carbocycles. The van der Waals surface area contributed by atoms with Gasteiger partial charge in [0.15, 0.2) is 5.82 Å². The van der Waals surface area contributed by atoms with Crippen LogP contribution in [0.3, 0.4) is 0 Å². The molecule has 3 saturated heterocycles. The van der Waals surface area contributed by atoms with Crippen LogP contribution in [0.25, 0.3) is 32.9 Å². The molecule has 1 N–H and O–H groups in total. The summed E-state index contributed by atoms with van der Waals surface area (Å²) in [5.41, 5.74) is -1.51. The number of hydrogen-bond acceptors (Lipinski definition) is 9. The van der Waals surface area contributed by atoms with Gasteiger partial charge in [-0.1, -0.05) is 12.0 Å². The van der Waals surface area contributed by atoms with E-state index in [-0.39, 0.29) is 115 Å². The molecule has 3 aliphatic heterocycles. The Morgan fingerprint density at radius 1 is 0.982 bits per heavy atom. The number of alkyl halides is 6. The van der Waals surface area contributed by atoms with E-state index in [4.69, 9.17) is 15.9 Å². The van der Waals surface area contributed by atoms with E-state index in [1.807, 2.05) is 4.90 Å². The molecule has 1 amide bonds. The minimum Gasteiger partial charge on any atom is -0.508 e. The lowest BCUT2D eigenvalue weighted by atomic mass is 9.95. The highest BCUT2D eigenvalue weighted by Gasteiger charge is 2.52. The molecule has 0 radical (unpaired) electrons. The Hall–Kier alpha value is -5.18. The van der Waals surface area contributed by atoms with Crippen molar-refractivity contribution in [3.8, 4) is 41.2 Å². The van der Waals surface area contributed by atoms with Crippen molar-refractivity contribution in [1.29, 1.82) is 0 Å². The van der Waals surface area contributed by atoms with E-state index >= 15 is 8.78 Å². The van der Waals surface area contributed by atoms with Gasteiger partial charge < -0.3 is 29.3 Å². The summed E-state index contributed by atoms with van der Waals surface area (Å²) in [7, 11) is 1.25. The molecule has 8 rings (SSSR count). The number of methoxy groups -OCH3 is 1. The predicted octanol–water partition coefficient (Wildman–Crippen LogP) is 6.99. The number of amides is 1. The number of phenolic OH excluding ortho intramolecular Hbond substituents is 1. The summed E-state index contributed by atoms with van der Waals surface area (Å²) in [5, 5.41) is 11.0. The van der Waals surface area contributed by atoms with Crippen LogP contribution < -0.4 is 14.4 Å². The fourth-order valence-electron chi connectivity index (χ4n) is 8.66. The average molecular weight is 805 g/mol. The summed E-state index contributed by atoms with van der Waals surface area (Å²) >= 11 is 0. The number of ether oxygens (including phenoxy) is 2. The molecule has 4 fully saturated rings. The third-order valence-corrected chi connectivity index (χ3v) is 11.7. The van der Waals surface area contributed by atoms with Crippen LogP contribution in [-0.2, 0) is 4.79 Å². The van der Waals surface area contributed by atoms with Crippen molar-refractivity contribution in [2.24, 2.45) is 11.3 Å². The lowest BCUT2D eigenvalue weighted by molar-refractivity contribution is -0.188. The highest BCUT2D eigenvalue weighted by atomic mass is 19.4. The number of rotatable bonds is 8. The Bertz CT molecular complexity index is 2290. The molecule has 4 aliphatic rings. The average Bonchev–Trinajstić information content (AvgIpc) is 3.88. The van der Waals surface area contributed by atoms with Crippen LogP contribution in [0.2, 0.25) is 0 Å². The molecule has 5 heterocycles. The number of terminal acetylenes is 1. The van der Waals surface area contributed by atoms with Gasteiger partial charge in [-0.15, -0.1) is 6.42 Å². The van der Waals surface area contributed by atoms with Gasteiger partial charge in [-0.05, 0) is 75.2 Å². The molecule has 0 unspecified atom stereocenters. The maximum absolute atomic E-state index is 17.2. The zero-order valence-electron chi connectivity index (χ0n) is 30.5. The number of anilines is 1. The molecule has 18 heteroatoms. The molecule has 2 atom stereocenters. The second kappa shape index (κ2) is 14.0. The molecule has 10 nitrogen and oxygen atoms in total. The van der Waals surface area contributed by atoms with Crippen molar-refractivity contribution in [2.75, 3.05) is 51.3 Å². The van der Waals surface area contributed by atoms with E-state index in [2.05, 4.69) is 20.9 Å². The minimum atomic E-state index is -5.08. The van der Waals surface area contributed by atoms with Gasteiger partial charge in [0.2, 0.25) is 5.88 Å². The number of phenols is 1. The third-order valence-electron chi connectivity index (χ3n) is 11.7. The number of nitrogens with zero attached hydrogens (tertiary/aromatic N) is 6. The van der Waals surface area contributed by atoms with Crippen LogP contribution in [0, 0.1) is 35.3 Å². The normalized spacial score (nSPS) is 21.3. The van der Waals surface area contributed by atoms with E-state index in [1.165, 1.54) is 25.3 Å². The van der Waals surface area contributed by atoms with Crippen LogP contribution in [0.4, 0.5) is 40.9 Å². The van der Waals surface area contributed by atoms with Gasteiger partial charge in [0.1, 0.15) is 34.0 Å². The van der Waals surface area contributed by atoms with Gasteiger partial charge in [-0.2, -0.15) is 36.3 Å². The smallest absolute Gasteiger partial charge is 0.471 e. The highest BCUT2D eigenvalue weighted by molar-refractivity contribution is 6.04. The van der Waals surface area contributed by atoms with Gasteiger partial charge >= 0.3 is 24.3 Å². The predicted molar refractivity (Wildman–Crippen MR) is 191 cm³/mol. The Labute approximate surface area is 320 Å². The number of hydrogen-bond donors (Lipinski definition) is 1. The zero-order valence-corrected chi connectivity index (χ0v) is 30.5. The number of carbonyl (C=O) groups is 1. The van der Waals surface area contributed by atoms with Crippen LogP contribution in [0.5, 0.6) is 17.6 Å². The summed E-state index contributed by atoms with van der Waals surface area (Å²) in [6.45, 7) is 0.833. The lowest BCUT2D eigenvalue weighted by Crippen LogP contribution is -2.59. The number of piperidine rings is 1. The first-order chi connectivity index (χ1) is 27.0. The van der Waals surface area contributed by atoms with Gasteiger partial charge in [0.05, 0.1) is 37.3 Å². The van der Waals surface area contributed by atoms with Gasteiger partial charge in [0.25, 0.3) is 0 Å². The van der Waals surface area contributed by atoms with Crippen LogP contribution in [-0.4, -0.2) is 107 Å². The molecule has 0 spiro atoms. The number of benzene rings is 2. The van der Waals surface area contributed by atoms with Gasteiger partial charge in [-0.3, -0.25) is 4.79 Å². The summed E-state index contributed by atoms with van der Waals surface area (Å²) in [6, 6.07) is 2.98. The van der Waals surface area contributed by atoms with Crippen molar-refractivity contribution in [1.82, 2.24) is 24.8 Å². The SMILES string of the molecule is C#Cc1c(F)ccc2cc(O)cc(-c3nc(OC)c4c(N5C[C@H]6CC[C@@H](C5)N6C(=O)C(F)(F)F)nc(OCC5(CN6CCC(C(F)(F)F)CC6)CC5)nc4c3F)c12. The number of halogens is 8. The summed E-state index contributed by atoms with van der Waals surface area (Å²) in [6.07, 6.45) is -1.70. The number of pyridine rings is 1. The van der Waals surface area contributed by atoms with E-state index in [0.717, 1.165) is 11.0 Å². The molecule has 2 aromatic carbocycles. The first-order valence-corrected chi connectivity index (χ1v) is 18.4. The van der Waals surface area contributed by atoms with Crippen molar-refractivity contribution in [3.63, 3.8) is 0 Å². The lowest BCUT2D eigenvalue weighted by Gasteiger charge is -2.42. The first-order valence-electron chi connectivity index (χ1n) is 18.4. The number of likely N-dealkylation sites (tertiary alicyclic amines) is 1. The molecular formula is C39H36F8N6O4. The van der Waals surface area contributed by atoms with Gasteiger partial charge in [-0.25, -0.2) is 13.8 Å². The largest absolute Gasteiger partial charge is 0.508 e. The summed E-state index contributed by atoms with van der Waals surface area (Å²) in [4.78, 5) is 30.4. The molecule has 2 bridgehead atoms. The van der Waals surface area contributed by atoms with E-state index in [0.29, 0.717) is 19.4 Å². The van der Waals surface area contributed by atoms with Crippen LogP contribution >= 0.6 is 0 Å². The number of aromatic nitrogens is 3. The monoisotopic (exact) mass is 804 g/mol. The Kier molecular flexibility index (Phi) is 9.52. The maximum Gasteiger partial charge on any atom is 0.471 e. The van der Waals surface area contributed by atoms with E-state index in [9.17, 15) is 36.2 Å². The fraction of sp³-hybridized carbons (Fsp3) is 0.487. The van der Waals surface area contributed by atoms with Crippen LogP contribution in [0.15, 0.2) is 24.3 Å². The van der Waals surface area contributed by atoms with E-state index < -0.39 is 59.0 Å². The zero-order chi connectivity index (χ0) is 40.6.